The standard InChI is InChI=1S/C11H17NO/c1-3-11(13-4-2)9-7-5-6-8-10(9)12/h5-8,11H,3-4,12H2,1-2H3. The van der Waals surface area contributed by atoms with E-state index in [1.807, 2.05) is 31.2 Å². The van der Waals surface area contributed by atoms with Gasteiger partial charge >= 0.3 is 0 Å². The number of nitrogen functional groups attached to an aromatic ring is 1. The summed E-state index contributed by atoms with van der Waals surface area (Å²) in [6.45, 7) is 4.83. The van der Waals surface area contributed by atoms with Crippen LogP contribution in [0.5, 0.6) is 0 Å². The number of anilines is 1. The molecule has 0 aliphatic rings. The summed E-state index contributed by atoms with van der Waals surface area (Å²) < 4.78 is 5.58. The quantitative estimate of drug-likeness (QED) is 0.721. The van der Waals surface area contributed by atoms with Crippen LogP contribution in [0.15, 0.2) is 24.3 Å². The molecule has 0 aliphatic carbocycles. The lowest BCUT2D eigenvalue weighted by atomic mass is 10.1. The van der Waals surface area contributed by atoms with Crippen molar-refractivity contribution < 1.29 is 4.74 Å². The van der Waals surface area contributed by atoms with E-state index in [4.69, 9.17) is 10.5 Å². The van der Waals surface area contributed by atoms with Gasteiger partial charge in [-0.15, -0.1) is 0 Å². The largest absolute Gasteiger partial charge is 0.398 e. The molecule has 1 unspecified atom stereocenters. The summed E-state index contributed by atoms with van der Waals surface area (Å²) in [5.74, 6) is 0. The molecular weight excluding hydrogens is 162 g/mol. The molecule has 1 atom stereocenters. The first-order valence-corrected chi connectivity index (χ1v) is 4.75. The van der Waals surface area contributed by atoms with Gasteiger partial charge in [-0.05, 0) is 19.4 Å². The molecule has 72 valence electrons. The van der Waals surface area contributed by atoms with Crippen molar-refractivity contribution in [2.24, 2.45) is 0 Å². The SMILES string of the molecule is CCOC(CC)c1ccccc1N. The fraction of sp³-hybridized carbons (Fsp3) is 0.455. The molecular formula is C11H17NO. The van der Waals surface area contributed by atoms with E-state index in [2.05, 4.69) is 6.92 Å². The molecule has 1 rings (SSSR count). The lowest BCUT2D eigenvalue weighted by molar-refractivity contribution is 0.0603. The minimum atomic E-state index is 0.145. The maximum atomic E-state index is 5.85. The third-order valence-electron chi connectivity index (χ3n) is 2.08. The van der Waals surface area contributed by atoms with E-state index in [0.717, 1.165) is 24.3 Å². The van der Waals surface area contributed by atoms with Crippen LogP contribution in [-0.4, -0.2) is 6.61 Å². The van der Waals surface area contributed by atoms with Gasteiger partial charge in [0.2, 0.25) is 0 Å². The summed E-state index contributed by atoms with van der Waals surface area (Å²) >= 11 is 0. The molecule has 0 saturated heterocycles. The second-order valence-electron chi connectivity index (χ2n) is 2.98. The predicted molar refractivity (Wildman–Crippen MR) is 55.5 cm³/mol. The van der Waals surface area contributed by atoms with Crippen molar-refractivity contribution in [1.29, 1.82) is 0 Å². The maximum absolute atomic E-state index is 5.85. The number of para-hydroxylation sites is 1. The number of rotatable bonds is 4. The number of hydrogen-bond acceptors (Lipinski definition) is 2. The Morgan fingerprint density at radius 1 is 1.31 bits per heavy atom. The number of nitrogens with two attached hydrogens (primary N) is 1. The number of hydrogen-bond donors (Lipinski definition) is 1. The van der Waals surface area contributed by atoms with E-state index in [1.54, 1.807) is 0 Å². The third-order valence-corrected chi connectivity index (χ3v) is 2.08. The molecule has 0 saturated carbocycles. The van der Waals surface area contributed by atoms with Crippen LogP contribution >= 0.6 is 0 Å². The normalized spacial score (nSPS) is 12.8. The molecule has 2 heteroatoms. The minimum Gasteiger partial charge on any atom is -0.398 e. The summed E-state index contributed by atoms with van der Waals surface area (Å²) in [5.41, 5.74) is 7.77. The van der Waals surface area contributed by atoms with E-state index in [0.29, 0.717) is 0 Å². The van der Waals surface area contributed by atoms with Crippen LogP contribution in [0.4, 0.5) is 5.69 Å². The highest BCUT2D eigenvalue weighted by molar-refractivity contribution is 5.47. The first-order valence-electron chi connectivity index (χ1n) is 4.75. The Morgan fingerprint density at radius 3 is 2.54 bits per heavy atom. The van der Waals surface area contributed by atoms with E-state index in [9.17, 15) is 0 Å². The molecule has 0 heterocycles. The zero-order valence-electron chi connectivity index (χ0n) is 8.29. The van der Waals surface area contributed by atoms with Gasteiger partial charge in [0.1, 0.15) is 0 Å². The fourth-order valence-corrected chi connectivity index (χ4v) is 1.43. The zero-order valence-corrected chi connectivity index (χ0v) is 8.29. The molecule has 0 fully saturated rings. The monoisotopic (exact) mass is 179 g/mol. The molecule has 1 aromatic rings. The van der Waals surface area contributed by atoms with Gasteiger partial charge in [-0.1, -0.05) is 25.1 Å². The second-order valence-corrected chi connectivity index (χ2v) is 2.98. The average Bonchev–Trinajstić information content (AvgIpc) is 2.16. The molecule has 0 radical (unpaired) electrons. The Labute approximate surface area is 79.7 Å². The second kappa shape index (κ2) is 4.87. The van der Waals surface area contributed by atoms with Crippen LogP contribution in [-0.2, 0) is 4.74 Å². The third kappa shape index (κ3) is 2.46. The molecule has 1 aromatic carbocycles. The summed E-state index contributed by atoms with van der Waals surface area (Å²) in [5, 5.41) is 0. The highest BCUT2D eigenvalue weighted by Crippen LogP contribution is 2.25. The zero-order chi connectivity index (χ0) is 9.68. The van der Waals surface area contributed by atoms with Gasteiger partial charge in [-0.3, -0.25) is 0 Å². The average molecular weight is 179 g/mol. The van der Waals surface area contributed by atoms with Gasteiger partial charge in [0.25, 0.3) is 0 Å². The fourth-order valence-electron chi connectivity index (χ4n) is 1.43. The van der Waals surface area contributed by atoms with Crippen LogP contribution in [0.1, 0.15) is 31.9 Å². The van der Waals surface area contributed by atoms with E-state index >= 15 is 0 Å². The number of benzene rings is 1. The molecule has 13 heavy (non-hydrogen) atoms. The Morgan fingerprint density at radius 2 is 2.00 bits per heavy atom. The molecule has 0 amide bonds. The van der Waals surface area contributed by atoms with Gasteiger partial charge in [0, 0.05) is 17.9 Å². The smallest absolute Gasteiger partial charge is 0.0842 e. The first-order chi connectivity index (χ1) is 6.29. The van der Waals surface area contributed by atoms with Crippen molar-refractivity contribution in [1.82, 2.24) is 0 Å². The topological polar surface area (TPSA) is 35.2 Å². The summed E-state index contributed by atoms with van der Waals surface area (Å²) in [6, 6.07) is 7.88. The highest BCUT2D eigenvalue weighted by atomic mass is 16.5. The van der Waals surface area contributed by atoms with Crippen molar-refractivity contribution in [3.05, 3.63) is 29.8 Å². The lowest BCUT2D eigenvalue weighted by Gasteiger charge is -2.16. The molecule has 2 N–H and O–H groups in total. The van der Waals surface area contributed by atoms with Crippen molar-refractivity contribution in [3.8, 4) is 0 Å². The molecule has 0 bridgehead atoms. The van der Waals surface area contributed by atoms with Crippen LogP contribution in [0, 0.1) is 0 Å². The summed E-state index contributed by atoms with van der Waals surface area (Å²) in [4.78, 5) is 0. The van der Waals surface area contributed by atoms with Crippen molar-refractivity contribution in [2.75, 3.05) is 12.3 Å². The molecule has 0 aliphatic heterocycles. The van der Waals surface area contributed by atoms with Gasteiger partial charge in [0.15, 0.2) is 0 Å². The van der Waals surface area contributed by atoms with Crippen LogP contribution in [0.25, 0.3) is 0 Å². The lowest BCUT2D eigenvalue weighted by Crippen LogP contribution is -2.05. The van der Waals surface area contributed by atoms with Gasteiger partial charge < -0.3 is 10.5 Å². The van der Waals surface area contributed by atoms with Crippen molar-refractivity contribution >= 4 is 5.69 Å². The Kier molecular flexibility index (Phi) is 3.77. The van der Waals surface area contributed by atoms with Crippen molar-refractivity contribution in [2.45, 2.75) is 26.4 Å². The first kappa shape index (κ1) is 10.1. The molecule has 0 spiro atoms. The maximum Gasteiger partial charge on any atom is 0.0842 e. The van der Waals surface area contributed by atoms with E-state index < -0.39 is 0 Å². The van der Waals surface area contributed by atoms with Gasteiger partial charge in [-0.2, -0.15) is 0 Å². The van der Waals surface area contributed by atoms with Crippen LogP contribution in [0.2, 0.25) is 0 Å². The Balaban J connectivity index is 2.84. The van der Waals surface area contributed by atoms with E-state index in [1.165, 1.54) is 0 Å². The predicted octanol–water partition coefficient (Wildman–Crippen LogP) is 2.76. The Bertz CT molecular complexity index is 260. The molecule has 0 aromatic heterocycles. The van der Waals surface area contributed by atoms with Crippen molar-refractivity contribution in [3.63, 3.8) is 0 Å². The van der Waals surface area contributed by atoms with Gasteiger partial charge in [0.05, 0.1) is 6.10 Å². The van der Waals surface area contributed by atoms with Crippen LogP contribution in [0.3, 0.4) is 0 Å². The molecule has 2 nitrogen and oxygen atoms in total. The van der Waals surface area contributed by atoms with Gasteiger partial charge in [-0.25, -0.2) is 0 Å². The number of ether oxygens (including phenoxy) is 1. The van der Waals surface area contributed by atoms with Crippen LogP contribution < -0.4 is 5.73 Å². The highest BCUT2D eigenvalue weighted by Gasteiger charge is 2.10. The summed E-state index contributed by atoms with van der Waals surface area (Å²) in [6.07, 6.45) is 1.10. The minimum absolute atomic E-state index is 0.145. The van der Waals surface area contributed by atoms with E-state index in [-0.39, 0.29) is 6.10 Å². The summed E-state index contributed by atoms with van der Waals surface area (Å²) in [7, 11) is 0. The Hall–Kier alpha value is -1.02.